The lowest BCUT2D eigenvalue weighted by Crippen LogP contribution is -2.11. The highest BCUT2D eigenvalue weighted by molar-refractivity contribution is 7.18. The summed E-state index contributed by atoms with van der Waals surface area (Å²) in [6.45, 7) is 3.85. The highest BCUT2D eigenvalue weighted by atomic mass is 35.5. The van der Waals surface area contributed by atoms with Gasteiger partial charge in [-0.1, -0.05) is 11.6 Å². The molecule has 0 unspecified atom stereocenters. The molecule has 0 fully saturated rings. The number of nitrogens with zero attached hydrogens (tertiary/aromatic N) is 1. The third-order valence-electron chi connectivity index (χ3n) is 2.60. The van der Waals surface area contributed by atoms with Gasteiger partial charge in [0.2, 0.25) is 0 Å². The number of aromatic nitrogens is 1. The molecule has 5 nitrogen and oxygen atoms in total. The Labute approximate surface area is 130 Å². The lowest BCUT2D eigenvalue weighted by Gasteiger charge is -2.02. The van der Waals surface area contributed by atoms with E-state index >= 15 is 0 Å². The molecule has 1 amide bonds. The lowest BCUT2D eigenvalue weighted by atomic mass is 10.2. The molecule has 2 aromatic rings. The zero-order valence-corrected chi connectivity index (χ0v) is 13.0. The number of rotatable bonds is 4. The Morgan fingerprint density at radius 1 is 1.43 bits per heavy atom. The first-order valence-corrected chi connectivity index (χ1v) is 7.41. The molecule has 0 bridgehead atoms. The van der Waals surface area contributed by atoms with E-state index in [0.29, 0.717) is 27.2 Å². The first-order chi connectivity index (χ1) is 10.0. The minimum absolute atomic E-state index is 0.309. The maximum absolute atomic E-state index is 12.0. The Morgan fingerprint density at radius 3 is 2.81 bits per heavy atom. The molecule has 1 N–H and O–H groups in total. The van der Waals surface area contributed by atoms with E-state index in [2.05, 4.69) is 10.3 Å². The maximum Gasteiger partial charge on any atom is 0.348 e. The summed E-state index contributed by atoms with van der Waals surface area (Å²) in [5.41, 5.74) is 1.16. The third-order valence-corrected chi connectivity index (χ3v) is 3.96. The number of amides is 1. The Balaban J connectivity index is 2.13. The molecular weight excluding hydrogens is 312 g/mol. The lowest BCUT2D eigenvalue weighted by molar-refractivity contribution is 0.0531. The van der Waals surface area contributed by atoms with Crippen LogP contribution in [0.25, 0.3) is 0 Å². The summed E-state index contributed by atoms with van der Waals surface area (Å²) in [7, 11) is 0. The summed E-state index contributed by atoms with van der Waals surface area (Å²) >= 11 is 6.85. The van der Waals surface area contributed by atoms with Crippen LogP contribution < -0.4 is 5.32 Å². The number of nitrogens with one attached hydrogen (secondary N) is 1. The van der Waals surface area contributed by atoms with Crippen molar-refractivity contribution in [2.75, 3.05) is 11.9 Å². The van der Waals surface area contributed by atoms with E-state index in [1.165, 1.54) is 17.5 Å². The summed E-state index contributed by atoms with van der Waals surface area (Å²) in [5, 5.41) is 3.63. The predicted molar refractivity (Wildman–Crippen MR) is 82.2 cm³/mol. The normalized spacial score (nSPS) is 10.2. The van der Waals surface area contributed by atoms with Crippen molar-refractivity contribution in [2.45, 2.75) is 13.8 Å². The van der Waals surface area contributed by atoms with Gasteiger partial charge in [0.15, 0.2) is 0 Å². The summed E-state index contributed by atoms with van der Waals surface area (Å²) in [6.07, 6.45) is 1.39. The van der Waals surface area contributed by atoms with Crippen molar-refractivity contribution in [1.82, 2.24) is 4.98 Å². The van der Waals surface area contributed by atoms with Crippen LogP contribution >= 0.6 is 22.9 Å². The topological polar surface area (TPSA) is 68.3 Å². The molecule has 0 aliphatic carbocycles. The summed E-state index contributed by atoms with van der Waals surface area (Å²) in [5.74, 6) is -0.690. The highest BCUT2D eigenvalue weighted by Crippen LogP contribution is 2.27. The van der Waals surface area contributed by atoms with E-state index in [-0.39, 0.29) is 11.9 Å². The van der Waals surface area contributed by atoms with E-state index < -0.39 is 0 Å². The van der Waals surface area contributed by atoms with Crippen molar-refractivity contribution in [1.29, 1.82) is 0 Å². The third kappa shape index (κ3) is 3.80. The van der Waals surface area contributed by atoms with E-state index in [4.69, 9.17) is 16.3 Å². The van der Waals surface area contributed by atoms with Crippen LogP contribution in [0.1, 0.15) is 32.5 Å². The number of pyridine rings is 1. The molecule has 0 aliphatic rings. The van der Waals surface area contributed by atoms with Crippen LogP contribution in [0.15, 0.2) is 24.4 Å². The summed E-state index contributed by atoms with van der Waals surface area (Å²) in [4.78, 5) is 28.1. The fourth-order valence-corrected chi connectivity index (χ4v) is 2.71. The van der Waals surface area contributed by atoms with E-state index in [1.54, 1.807) is 32.0 Å². The monoisotopic (exact) mass is 324 g/mol. The molecule has 0 aliphatic heterocycles. The van der Waals surface area contributed by atoms with E-state index in [0.717, 1.165) is 5.56 Å². The molecule has 7 heteroatoms. The van der Waals surface area contributed by atoms with Gasteiger partial charge in [0.25, 0.3) is 5.91 Å². The molecule has 0 radical (unpaired) electrons. The minimum Gasteiger partial charge on any atom is -0.462 e. The summed E-state index contributed by atoms with van der Waals surface area (Å²) < 4.78 is 4.96. The number of aryl methyl sites for hydroxylation is 1. The van der Waals surface area contributed by atoms with Gasteiger partial charge in [0.05, 0.1) is 17.2 Å². The van der Waals surface area contributed by atoms with Crippen LogP contribution in [0.3, 0.4) is 0 Å². The van der Waals surface area contributed by atoms with Crippen LogP contribution in [0, 0.1) is 6.92 Å². The van der Waals surface area contributed by atoms with Crippen LogP contribution in [0.2, 0.25) is 5.15 Å². The second kappa shape index (κ2) is 6.69. The molecule has 2 heterocycles. The van der Waals surface area contributed by atoms with Crippen molar-refractivity contribution >= 4 is 39.8 Å². The number of hydrogen-bond acceptors (Lipinski definition) is 5. The number of ether oxygens (including phenoxy) is 1. The van der Waals surface area contributed by atoms with Gasteiger partial charge in [-0.3, -0.25) is 4.79 Å². The van der Waals surface area contributed by atoms with Gasteiger partial charge < -0.3 is 10.1 Å². The number of halogens is 1. The number of carbonyl (C=O) groups is 2. The van der Waals surface area contributed by atoms with Gasteiger partial charge >= 0.3 is 5.97 Å². The largest absolute Gasteiger partial charge is 0.462 e. The number of hydrogen-bond donors (Lipinski definition) is 1. The molecule has 0 saturated carbocycles. The van der Waals surface area contributed by atoms with Crippen molar-refractivity contribution in [3.63, 3.8) is 0 Å². The molecule has 0 spiro atoms. The fourth-order valence-electron chi connectivity index (χ4n) is 1.64. The SMILES string of the molecule is CCOC(=O)c1sc(NC(=O)c2ccc(Cl)nc2)cc1C. The minimum atomic E-state index is -0.381. The second-order valence-electron chi connectivity index (χ2n) is 4.17. The smallest absolute Gasteiger partial charge is 0.348 e. The highest BCUT2D eigenvalue weighted by Gasteiger charge is 2.16. The average molecular weight is 325 g/mol. The van der Waals surface area contributed by atoms with Crippen molar-refractivity contribution in [2.24, 2.45) is 0 Å². The van der Waals surface area contributed by atoms with Crippen LogP contribution in [0.4, 0.5) is 5.00 Å². The zero-order chi connectivity index (χ0) is 15.4. The molecule has 2 rings (SSSR count). The standard InChI is InChI=1S/C14H13ClN2O3S/c1-3-20-14(19)12-8(2)6-11(21-12)17-13(18)9-4-5-10(15)16-7-9/h4-7H,3H2,1-2H3,(H,17,18). The molecule has 0 saturated heterocycles. The number of carbonyl (C=O) groups excluding carboxylic acids is 2. The van der Waals surface area contributed by atoms with E-state index in [9.17, 15) is 9.59 Å². The van der Waals surface area contributed by atoms with Gasteiger partial charge in [-0.25, -0.2) is 9.78 Å². The maximum atomic E-state index is 12.0. The number of thiophene rings is 1. The Kier molecular flexibility index (Phi) is 4.93. The molecule has 0 aromatic carbocycles. The van der Waals surface area contributed by atoms with Crippen molar-refractivity contribution < 1.29 is 14.3 Å². The van der Waals surface area contributed by atoms with Crippen LogP contribution in [-0.2, 0) is 4.74 Å². The van der Waals surface area contributed by atoms with Gasteiger partial charge in [-0.2, -0.15) is 0 Å². The van der Waals surface area contributed by atoms with Crippen molar-refractivity contribution in [3.8, 4) is 0 Å². The van der Waals surface area contributed by atoms with Gasteiger partial charge in [0.1, 0.15) is 10.0 Å². The summed E-state index contributed by atoms with van der Waals surface area (Å²) in [6, 6.07) is 4.86. The van der Waals surface area contributed by atoms with Crippen LogP contribution in [0.5, 0.6) is 0 Å². The van der Waals surface area contributed by atoms with E-state index in [1.807, 2.05) is 0 Å². The van der Waals surface area contributed by atoms with Gasteiger partial charge in [-0.05, 0) is 37.6 Å². The molecular formula is C14H13ClN2O3S. The zero-order valence-electron chi connectivity index (χ0n) is 11.5. The fraction of sp³-hybridized carbons (Fsp3) is 0.214. The van der Waals surface area contributed by atoms with Gasteiger partial charge in [0, 0.05) is 6.20 Å². The van der Waals surface area contributed by atoms with Gasteiger partial charge in [-0.15, -0.1) is 11.3 Å². The average Bonchev–Trinajstić information content (AvgIpc) is 2.80. The molecule has 0 atom stereocenters. The first-order valence-electron chi connectivity index (χ1n) is 6.21. The van der Waals surface area contributed by atoms with Crippen molar-refractivity contribution in [3.05, 3.63) is 45.6 Å². The number of anilines is 1. The first kappa shape index (κ1) is 15.5. The Bertz CT molecular complexity index is 667. The molecule has 110 valence electrons. The quantitative estimate of drug-likeness (QED) is 0.690. The van der Waals surface area contributed by atoms with Crippen LogP contribution in [-0.4, -0.2) is 23.5 Å². The Hall–Kier alpha value is -1.92. The molecule has 2 aromatic heterocycles. The Morgan fingerprint density at radius 2 is 2.19 bits per heavy atom. The number of esters is 1. The second-order valence-corrected chi connectivity index (χ2v) is 5.61. The molecule has 21 heavy (non-hydrogen) atoms. The predicted octanol–water partition coefficient (Wildman–Crippen LogP) is 3.53.